The van der Waals surface area contributed by atoms with Gasteiger partial charge in [0.1, 0.15) is 0 Å². The first kappa shape index (κ1) is 11.3. The number of aromatic nitrogens is 2. The lowest BCUT2D eigenvalue weighted by atomic mass is 10.4. The van der Waals surface area contributed by atoms with Crippen molar-refractivity contribution in [2.75, 3.05) is 11.9 Å². The van der Waals surface area contributed by atoms with E-state index in [4.69, 9.17) is 11.6 Å². The van der Waals surface area contributed by atoms with E-state index in [1.807, 2.05) is 5.38 Å². The van der Waals surface area contributed by atoms with Gasteiger partial charge in [0.05, 0.1) is 22.8 Å². The zero-order chi connectivity index (χ0) is 11.5. The zero-order valence-electron chi connectivity index (χ0n) is 8.52. The number of thiazole rings is 1. The lowest BCUT2D eigenvalue weighted by molar-refractivity contribution is 0.614. The summed E-state index contributed by atoms with van der Waals surface area (Å²) in [5, 5.41) is 2.22. The summed E-state index contributed by atoms with van der Waals surface area (Å²) >= 11 is 7.14. The highest BCUT2D eigenvalue weighted by atomic mass is 35.5. The van der Waals surface area contributed by atoms with Crippen LogP contribution in [-0.2, 0) is 6.54 Å². The van der Waals surface area contributed by atoms with Crippen LogP contribution in [0.2, 0.25) is 5.02 Å². The van der Waals surface area contributed by atoms with Gasteiger partial charge in [-0.2, -0.15) is 0 Å². The molecule has 0 bridgehead atoms. The Morgan fingerprint density at radius 1 is 1.50 bits per heavy atom. The van der Waals surface area contributed by atoms with Crippen molar-refractivity contribution in [1.82, 2.24) is 9.97 Å². The fourth-order valence-electron chi connectivity index (χ4n) is 1.32. The van der Waals surface area contributed by atoms with Gasteiger partial charge in [0, 0.05) is 18.6 Å². The molecule has 0 saturated heterocycles. The van der Waals surface area contributed by atoms with Gasteiger partial charge in [-0.1, -0.05) is 11.6 Å². The lowest BCUT2D eigenvalue weighted by Gasteiger charge is -2.17. The van der Waals surface area contributed by atoms with E-state index >= 15 is 0 Å². The summed E-state index contributed by atoms with van der Waals surface area (Å²) < 4.78 is 13.5. The Bertz CT molecular complexity index is 475. The number of halogens is 2. The Morgan fingerprint density at radius 3 is 2.94 bits per heavy atom. The molecule has 84 valence electrons. The Kier molecular flexibility index (Phi) is 3.36. The molecule has 2 aromatic rings. The molecule has 0 aliphatic rings. The quantitative estimate of drug-likeness (QED) is 0.847. The molecule has 0 spiro atoms. The molecule has 0 fully saturated rings. The van der Waals surface area contributed by atoms with Gasteiger partial charge in [-0.3, -0.25) is 0 Å². The highest BCUT2D eigenvalue weighted by Crippen LogP contribution is 2.19. The predicted octanol–water partition coefficient (Wildman–Crippen LogP) is 2.97. The normalized spacial score (nSPS) is 10.4. The molecule has 0 N–H and O–H groups in total. The van der Waals surface area contributed by atoms with Crippen LogP contribution in [0.1, 0.15) is 5.69 Å². The first-order valence-corrected chi connectivity index (χ1v) is 5.88. The number of rotatable bonds is 3. The van der Waals surface area contributed by atoms with Crippen molar-refractivity contribution in [3.05, 3.63) is 39.7 Å². The van der Waals surface area contributed by atoms with E-state index in [1.165, 1.54) is 23.6 Å². The molecular weight excluding hydrogens is 249 g/mol. The van der Waals surface area contributed by atoms with E-state index in [1.54, 1.807) is 17.5 Å². The smallest absolute Gasteiger partial charge is 0.167 e. The molecule has 2 heterocycles. The van der Waals surface area contributed by atoms with Crippen molar-refractivity contribution in [3.63, 3.8) is 0 Å². The van der Waals surface area contributed by atoms with Gasteiger partial charge in [-0.25, -0.2) is 14.4 Å². The highest BCUT2D eigenvalue weighted by Gasteiger charge is 2.10. The molecule has 0 amide bonds. The summed E-state index contributed by atoms with van der Waals surface area (Å²) in [6.45, 7) is 0.523. The van der Waals surface area contributed by atoms with Gasteiger partial charge >= 0.3 is 0 Å². The second-order valence-corrected chi connectivity index (χ2v) is 4.45. The topological polar surface area (TPSA) is 29.0 Å². The Hall–Kier alpha value is -1.20. The third-order valence-corrected chi connectivity index (χ3v) is 2.87. The number of nitrogens with zero attached hydrogens (tertiary/aromatic N) is 3. The average molecular weight is 258 g/mol. The van der Waals surface area contributed by atoms with Crippen molar-refractivity contribution in [3.8, 4) is 0 Å². The second-order valence-electron chi connectivity index (χ2n) is 3.29. The Balaban J connectivity index is 2.17. The number of pyridine rings is 1. The van der Waals surface area contributed by atoms with Gasteiger partial charge in [0.25, 0.3) is 0 Å². The van der Waals surface area contributed by atoms with E-state index in [2.05, 4.69) is 9.97 Å². The van der Waals surface area contributed by atoms with Crippen LogP contribution >= 0.6 is 22.9 Å². The summed E-state index contributed by atoms with van der Waals surface area (Å²) in [5.41, 5.74) is 2.64. The van der Waals surface area contributed by atoms with Crippen LogP contribution in [-0.4, -0.2) is 17.0 Å². The minimum absolute atomic E-state index is 0.275. The highest BCUT2D eigenvalue weighted by molar-refractivity contribution is 7.07. The van der Waals surface area contributed by atoms with Crippen molar-refractivity contribution in [2.45, 2.75) is 6.54 Å². The molecule has 2 rings (SSSR count). The first-order valence-electron chi connectivity index (χ1n) is 4.56. The largest absolute Gasteiger partial charge is 0.351 e. The maximum atomic E-state index is 13.5. The van der Waals surface area contributed by atoms with Crippen molar-refractivity contribution < 1.29 is 4.39 Å². The summed E-state index contributed by atoms with van der Waals surface area (Å²) in [7, 11) is 1.76. The summed E-state index contributed by atoms with van der Waals surface area (Å²) in [6, 6.07) is 1.25. The monoisotopic (exact) mass is 257 g/mol. The van der Waals surface area contributed by atoms with Gasteiger partial charge in [-0.15, -0.1) is 11.3 Å². The second kappa shape index (κ2) is 4.76. The summed E-state index contributed by atoms with van der Waals surface area (Å²) in [4.78, 5) is 9.78. The maximum Gasteiger partial charge on any atom is 0.167 e. The standard InChI is InChI=1S/C10H9ClFN3S/c1-15(4-8-5-16-6-14-8)10-9(12)2-7(11)3-13-10/h2-3,5-6H,4H2,1H3. The van der Waals surface area contributed by atoms with Gasteiger partial charge in [0.2, 0.25) is 0 Å². The zero-order valence-corrected chi connectivity index (χ0v) is 10.1. The molecule has 0 unspecified atom stereocenters. The minimum atomic E-state index is -0.426. The molecule has 0 saturated carbocycles. The number of anilines is 1. The molecule has 3 nitrogen and oxygen atoms in total. The predicted molar refractivity (Wildman–Crippen MR) is 63.4 cm³/mol. The molecule has 0 radical (unpaired) electrons. The molecule has 0 aromatic carbocycles. The number of hydrogen-bond acceptors (Lipinski definition) is 4. The fraction of sp³-hybridized carbons (Fsp3) is 0.200. The van der Waals surface area contributed by atoms with Crippen LogP contribution in [0.3, 0.4) is 0 Å². The van der Waals surface area contributed by atoms with Crippen molar-refractivity contribution in [1.29, 1.82) is 0 Å². The van der Waals surface area contributed by atoms with E-state index < -0.39 is 5.82 Å². The van der Waals surface area contributed by atoms with Crippen LogP contribution in [0.4, 0.5) is 10.2 Å². The molecule has 16 heavy (non-hydrogen) atoms. The van der Waals surface area contributed by atoms with E-state index in [9.17, 15) is 4.39 Å². The third-order valence-electron chi connectivity index (χ3n) is 2.03. The summed E-state index contributed by atoms with van der Waals surface area (Å²) in [5.74, 6) is -0.150. The van der Waals surface area contributed by atoms with Crippen molar-refractivity contribution in [2.24, 2.45) is 0 Å². The van der Waals surface area contributed by atoms with Crippen LogP contribution in [0, 0.1) is 5.82 Å². The Labute approximate surface area is 102 Å². The van der Waals surface area contributed by atoms with E-state index in [0.29, 0.717) is 11.6 Å². The molecule has 2 aromatic heterocycles. The minimum Gasteiger partial charge on any atom is -0.351 e. The lowest BCUT2D eigenvalue weighted by Crippen LogP contribution is -2.19. The summed E-state index contributed by atoms with van der Waals surface area (Å²) in [6.07, 6.45) is 1.43. The maximum absolute atomic E-state index is 13.5. The SMILES string of the molecule is CN(Cc1cscn1)c1ncc(Cl)cc1F. The fourth-order valence-corrected chi connectivity index (χ4v) is 2.02. The molecule has 0 aliphatic heterocycles. The first-order chi connectivity index (χ1) is 7.66. The Morgan fingerprint density at radius 2 is 2.31 bits per heavy atom. The molecular formula is C10H9ClFN3S. The van der Waals surface area contributed by atoms with Crippen molar-refractivity contribution >= 4 is 28.8 Å². The van der Waals surface area contributed by atoms with Crippen LogP contribution in [0.25, 0.3) is 0 Å². The van der Waals surface area contributed by atoms with E-state index in [0.717, 1.165) is 5.69 Å². The van der Waals surface area contributed by atoms with E-state index in [-0.39, 0.29) is 5.82 Å². The molecule has 0 atom stereocenters. The number of hydrogen-bond donors (Lipinski definition) is 0. The third kappa shape index (κ3) is 2.48. The molecule has 6 heteroatoms. The molecule has 0 aliphatic carbocycles. The van der Waals surface area contributed by atoms with Crippen LogP contribution < -0.4 is 4.90 Å². The van der Waals surface area contributed by atoms with Crippen LogP contribution in [0.15, 0.2) is 23.2 Å². The average Bonchev–Trinajstić information content (AvgIpc) is 2.70. The van der Waals surface area contributed by atoms with Gasteiger partial charge in [-0.05, 0) is 6.07 Å². The van der Waals surface area contributed by atoms with Gasteiger partial charge in [0.15, 0.2) is 11.6 Å². The van der Waals surface area contributed by atoms with Crippen LogP contribution in [0.5, 0.6) is 0 Å². The van der Waals surface area contributed by atoms with Gasteiger partial charge < -0.3 is 4.90 Å².